The topological polar surface area (TPSA) is 64.4 Å². The average molecular weight is 252 g/mol. The van der Waals surface area contributed by atoms with Gasteiger partial charge >= 0.3 is 0 Å². The molecule has 0 heterocycles. The first-order chi connectivity index (χ1) is 8.41. The maximum atomic E-state index is 10.8. The van der Waals surface area contributed by atoms with Gasteiger partial charge in [0.25, 0.3) is 5.69 Å². The van der Waals surface area contributed by atoms with Gasteiger partial charge in [-0.15, -0.1) is 0 Å². The van der Waals surface area contributed by atoms with E-state index in [9.17, 15) is 10.1 Å². The van der Waals surface area contributed by atoms with Crippen LogP contribution in [0, 0.1) is 24.0 Å². The van der Waals surface area contributed by atoms with E-state index in [0.29, 0.717) is 24.0 Å². The van der Waals surface area contributed by atoms with E-state index in [1.165, 1.54) is 6.07 Å². The fourth-order valence-electron chi connectivity index (χ4n) is 1.68. The zero-order valence-corrected chi connectivity index (χ0v) is 11.3. The normalized spacial score (nSPS) is 10.7. The van der Waals surface area contributed by atoms with Gasteiger partial charge in [0, 0.05) is 18.2 Å². The van der Waals surface area contributed by atoms with Crippen molar-refractivity contribution in [1.29, 1.82) is 0 Å². The summed E-state index contributed by atoms with van der Waals surface area (Å²) in [6.45, 7) is 8.96. The molecule has 0 amide bonds. The molecule has 18 heavy (non-hydrogen) atoms. The second-order valence-corrected chi connectivity index (χ2v) is 4.62. The third kappa shape index (κ3) is 4.00. The lowest BCUT2D eigenvalue weighted by molar-refractivity contribution is -0.385. The molecule has 5 heteroatoms. The zero-order valence-electron chi connectivity index (χ0n) is 11.3. The molecule has 0 radical (unpaired) electrons. The number of nitro groups is 1. The highest BCUT2D eigenvalue weighted by atomic mass is 16.6. The highest BCUT2D eigenvalue weighted by Gasteiger charge is 2.14. The van der Waals surface area contributed by atoms with Crippen molar-refractivity contribution >= 4 is 5.69 Å². The summed E-state index contributed by atoms with van der Waals surface area (Å²) in [5, 5.41) is 14.1. The Kier molecular flexibility index (Phi) is 5.09. The van der Waals surface area contributed by atoms with Gasteiger partial charge in [-0.3, -0.25) is 10.1 Å². The van der Waals surface area contributed by atoms with Crippen LogP contribution in [0.15, 0.2) is 12.1 Å². The van der Waals surface area contributed by atoms with E-state index in [1.54, 1.807) is 13.0 Å². The van der Waals surface area contributed by atoms with E-state index < -0.39 is 0 Å². The Bertz CT molecular complexity index is 430. The summed E-state index contributed by atoms with van der Waals surface area (Å²) in [4.78, 5) is 10.5. The van der Waals surface area contributed by atoms with Crippen LogP contribution in [0.4, 0.5) is 5.69 Å². The molecule has 0 spiro atoms. The van der Waals surface area contributed by atoms with Gasteiger partial charge in [0.05, 0.1) is 11.0 Å². The van der Waals surface area contributed by atoms with Gasteiger partial charge in [0.2, 0.25) is 0 Å². The molecule has 0 saturated heterocycles. The summed E-state index contributed by atoms with van der Waals surface area (Å²) in [6, 6.07) is 3.69. The molecule has 0 aliphatic carbocycles. The Morgan fingerprint density at radius 3 is 2.56 bits per heavy atom. The van der Waals surface area contributed by atoms with Crippen LogP contribution in [0.25, 0.3) is 0 Å². The fraction of sp³-hybridized carbons (Fsp3) is 0.538. The van der Waals surface area contributed by atoms with Gasteiger partial charge in [0.15, 0.2) is 0 Å². The number of rotatable bonds is 6. The van der Waals surface area contributed by atoms with Gasteiger partial charge in [-0.2, -0.15) is 0 Å². The van der Waals surface area contributed by atoms with Crippen molar-refractivity contribution in [2.24, 2.45) is 0 Å². The van der Waals surface area contributed by atoms with Gasteiger partial charge < -0.3 is 10.1 Å². The molecule has 1 aromatic rings. The van der Waals surface area contributed by atoms with E-state index in [2.05, 4.69) is 19.2 Å². The van der Waals surface area contributed by atoms with Crippen molar-refractivity contribution in [2.45, 2.75) is 33.7 Å². The number of nitro benzene ring substituents is 1. The van der Waals surface area contributed by atoms with E-state index >= 15 is 0 Å². The molecule has 0 saturated carbocycles. The number of nitrogens with one attached hydrogen (secondary N) is 1. The lowest BCUT2D eigenvalue weighted by Gasteiger charge is -2.12. The predicted octanol–water partition coefficient (Wildman–Crippen LogP) is 2.59. The van der Waals surface area contributed by atoms with Crippen LogP contribution >= 0.6 is 0 Å². The minimum atomic E-state index is -0.381. The molecule has 1 rings (SSSR count). The monoisotopic (exact) mass is 252 g/mol. The Morgan fingerprint density at radius 1 is 1.33 bits per heavy atom. The molecule has 1 aromatic carbocycles. The highest BCUT2D eigenvalue weighted by molar-refractivity contribution is 5.49. The van der Waals surface area contributed by atoms with Gasteiger partial charge in [-0.1, -0.05) is 13.8 Å². The molecule has 0 bridgehead atoms. The molecule has 0 atom stereocenters. The SMILES string of the molecule is Cc1cc(C)c([N+](=O)[O-])cc1OCCNC(C)C. The average Bonchev–Trinajstić information content (AvgIpc) is 2.25. The predicted molar refractivity (Wildman–Crippen MR) is 71.2 cm³/mol. The Labute approximate surface area is 107 Å². The van der Waals surface area contributed by atoms with Gasteiger partial charge in [0.1, 0.15) is 12.4 Å². The number of benzene rings is 1. The molecular weight excluding hydrogens is 232 g/mol. The molecule has 0 unspecified atom stereocenters. The Morgan fingerprint density at radius 2 is 2.00 bits per heavy atom. The van der Waals surface area contributed by atoms with Crippen molar-refractivity contribution in [1.82, 2.24) is 5.32 Å². The summed E-state index contributed by atoms with van der Waals surface area (Å²) >= 11 is 0. The molecule has 0 aliphatic heterocycles. The van der Waals surface area contributed by atoms with Crippen molar-refractivity contribution in [3.63, 3.8) is 0 Å². The van der Waals surface area contributed by atoms with Crippen LogP contribution in [0.1, 0.15) is 25.0 Å². The van der Waals surface area contributed by atoms with E-state index in [1.807, 2.05) is 6.92 Å². The number of hydrogen-bond acceptors (Lipinski definition) is 4. The summed E-state index contributed by atoms with van der Waals surface area (Å²) in [5.41, 5.74) is 1.68. The van der Waals surface area contributed by atoms with E-state index in [4.69, 9.17) is 4.74 Å². The van der Waals surface area contributed by atoms with Crippen LogP contribution < -0.4 is 10.1 Å². The smallest absolute Gasteiger partial charge is 0.276 e. The minimum Gasteiger partial charge on any atom is -0.492 e. The molecule has 100 valence electrons. The third-order valence-corrected chi connectivity index (χ3v) is 2.60. The molecular formula is C13H20N2O3. The van der Waals surface area contributed by atoms with Crippen molar-refractivity contribution in [2.75, 3.05) is 13.2 Å². The molecule has 0 fully saturated rings. The van der Waals surface area contributed by atoms with Crippen LogP contribution in [0.2, 0.25) is 0 Å². The Balaban J connectivity index is 2.70. The molecule has 5 nitrogen and oxygen atoms in total. The van der Waals surface area contributed by atoms with Gasteiger partial charge in [-0.05, 0) is 25.5 Å². The molecule has 0 aliphatic rings. The maximum Gasteiger partial charge on any atom is 0.276 e. The lowest BCUT2D eigenvalue weighted by atomic mass is 10.1. The summed E-state index contributed by atoms with van der Waals surface area (Å²) in [5.74, 6) is 0.581. The van der Waals surface area contributed by atoms with Crippen LogP contribution in [0.3, 0.4) is 0 Å². The summed E-state index contributed by atoms with van der Waals surface area (Å²) < 4.78 is 5.57. The first-order valence-corrected chi connectivity index (χ1v) is 6.03. The highest BCUT2D eigenvalue weighted by Crippen LogP contribution is 2.27. The lowest BCUT2D eigenvalue weighted by Crippen LogP contribution is -2.27. The summed E-state index contributed by atoms with van der Waals surface area (Å²) in [6.07, 6.45) is 0. The second-order valence-electron chi connectivity index (χ2n) is 4.62. The van der Waals surface area contributed by atoms with Crippen molar-refractivity contribution in [3.8, 4) is 5.75 Å². The van der Waals surface area contributed by atoms with E-state index in [-0.39, 0.29) is 10.6 Å². The van der Waals surface area contributed by atoms with Gasteiger partial charge in [-0.25, -0.2) is 0 Å². The van der Waals surface area contributed by atoms with Crippen LogP contribution in [-0.4, -0.2) is 24.1 Å². The minimum absolute atomic E-state index is 0.104. The summed E-state index contributed by atoms with van der Waals surface area (Å²) in [7, 11) is 0. The first-order valence-electron chi connectivity index (χ1n) is 6.03. The van der Waals surface area contributed by atoms with Crippen LogP contribution in [-0.2, 0) is 0 Å². The van der Waals surface area contributed by atoms with Crippen LogP contribution in [0.5, 0.6) is 5.75 Å². The number of nitrogens with zero attached hydrogens (tertiary/aromatic N) is 1. The fourth-order valence-corrected chi connectivity index (χ4v) is 1.68. The Hall–Kier alpha value is -1.62. The number of aryl methyl sites for hydroxylation is 2. The van der Waals surface area contributed by atoms with E-state index in [0.717, 1.165) is 12.1 Å². The van der Waals surface area contributed by atoms with Crippen molar-refractivity contribution in [3.05, 3.63) is 33.4 Å². The quantitative estimate of drug-likeness (QED) is 0.480. The zero-order chi connectivity index (χ0) is 13.7. The second kappa shape index (κ2) is 6.35. The van der Waals surface area contributed by atoms with Crippen molar-refractivity contribution < 1.29 is 9.66 Å². The number of hydrogen-bond donors (Lipinski definition) is 1. The third-order valence-electron chi connectivity index (χ3n) is 2.60. The first kappa shape index (κ1) is 14.4. The molecule has 1 N–H and O–H groups in total. The standard InChI is InChI=1S/C13H20N2O3/c1-9(2)14-5-6-18-13-8-12(15(16)17)10(3)7-11(13)4/h7-9,14H,5-6H2,1-4H3. The number of ether oxygens (including phenoxy) is 1. The largest absolute Gasteiger partial charge is 0.492 e. The maximum absolute atomic E-state index is 10.8. The molecule has 0 aromatic heterocycles.